The van der Waals surface area contributed by atoms with E-state index in [0.29, 0.717) is 13.2 Å². The molecular weight excluding hydrogens is 480 g/mol. The Labute approximate surface area is 177 Å². The molecule has 1 N–H and O–H groups in total. The zero-order chi connectivity index (χ0) is 20.9. The monoisotopic (exact) mass is 496 g/mol. The van der Waals surface area contributed by atoms with Crippen LogP contribution in [0.15, 0.2) is 10.5 Å². The number of alkyl halides is 3. The standard InChI is InChI=1S/C18H18BrClF4N4O/c1-29-5-4-25-11-6-8-2-3-12(11)28(8)16-9-7-10(18(22,23)24)13(19)14(21)15(9)26-17(20)27-16/h7-8,11-12,25H,2-6H2,1H3/t8-,11?,12-/m1/s1. The van der Waals surface area contributed by atoms with Gasteiger partial charge in [-0.25, -0.2) is 9.37 Å². The number of aromatic nitrogens is 2. The minimum absolute atomic E-state index is 0.0110. The highest BCUT2D eigenvalue weighted by Crippen LogP contribution is 2.45. The quantitative estimate of drug-likeness (QED) is 0.373. The van der Waals surface area contributed by atoms with Gasteiger partial charge in [-0.15, -0.1) is 0 Å². The van der Waals surface area contributed by atoms with E-state index in [1.54, 1.807) is 7.11 Å². The Balaban J connectivity index is 1.81. The van der Waals surface area contributed by atoms with Crippen LogP contribution in [0.4, 0.5) is 23.4 Å². The molecule has 4 rings (SSSR count). The maximum atomic E-state index is 14.8. The van der Waals surface area contributed by atoms with E-state index in [-0.39, 0.29) is 40.1 Å². The van der Waals surface area contributed by atoms with Crippen LogP contribution in [-0.4, -0.2) is 48.4 Å². The van der Waals surface area contributed by atoms with Crippen molar-refractivity contribution >= 4 is 44.3 Å². The lowest BCUT2D eigenvalue weighted by atomic mass is 9.95. The normalized spacial score (nSPS) is 24.1. The summed E-state index contributed by atoms with van der Waals surface area (Å²) in [6, 6.07) is 1.18. The summed E-state index contributed by atoms with van der Waals surface area (Å²) in [6.07, 6.45) is -2.15. The van der Waals surface area contributed by atoms with E-state index < -0.39 is 22.0 Å². The Morgan fingerprint density at radius 1 is 1.34 bits per heavy atom. The number of hydrogen-bond donors (Lipinski definition) is 1. The second-order valence-electron chi connectivity index (χ2n) is 7.26. The molecule has 1 aromatic heterocycles. The summed E-state index contributed by atoms with van der Waals surface area (Å²) in [5.74, 6) is -0.845. The van der Waals surface area contributed by atoms with E-state index in [1.165, 1.54) is 0 Å². The first-order chi connectivity index (χ1) is 13.7. The van der Waals surface area contributed by atoms with Gasteiger partial charge >= 0.3 is 6.18 Å². The van der Waals surface area contributed by atoms with Gasteiger partial charge in [0.1, 0.15) is 11.3 Å². The van der Waals surface area contributed by atoms with Crippen LogP contribution in [0.5, 0.6) is 0 Å². The predicted octanol–water partition coefficient (Wildman–Crippen LogP) is 4.55. The summed E-state index contributed by atoms with van der Waals surface area (Å²) in [5, 5.41) is 3.24. The third-order valence-corrected chi connectivity index (χ3v) is 6.57. The highest BCUT2D eigenvalue weighted by Gasteiger charge is 2.47. The molecule has 11 heteroatoms. The number of anilines is 1. The second kappa shape index (κ2) is 7.79. The van der Waals surface area contributed by atoms with E-state index in [1.807, 2.05) is 4.90 Å². The lowest BCUT2D eigenvalue weighted by Crippen LogP contribution is -2.42. The molecule has 0 amide bonds. The van der Waals surface area contributed by atoms with Gasteiger partial charge in [-0.3, -0.25) is 0 Å². The lowest BCUT2D eigenvalue weighted by molar-refractivity contribution is -0.138. The highest BCUT2D eigenvalue weighted by atomic mass is 79.9. The molecule has 3 heterocycles. The van der Waals surface area contributed by atoms with Crippen LogP contribution in [0.2, 0.25) is 5.28 Å². The van der Waals surface area contributed by atoms with Gasteiger partial charge in [0.15, 0.2) is 5.82 Å². The predicted molar refractivity (Wildman–Crippen MR) is 105 cm³/mol. The van der Waals surface area contributed by atoms with Crippen molar-refractivity contribution in [3.63, 3.8) is 0 Å². The fraction of sp³-hybridized carbons (Fsp3) is 0.556. The zero-order valence-corrected chi connectivity index (χ0v) is 17.7. The van der Waals surface area contributed by atoms with Crippen LogP contribution in [0.1, 0.15) is 24.8 Å². The van der Waals surface area contributed by atoms with E-state index in [4.69, 9.17) is 16.3 Å². The molecule has 1 aromatic carbocycles. The molecule has 2 aliphatic heterocycles. The number of rotatable bonds is 5. The largest absolute Gasteiger partial charge is 0.417 e. The van der Waals surface area contributed by atoms with E-state index >= 15 is 0 Å². The van der Waals surface area contributed by atoms with Gasteiger partial charge in [-0.1, -0.05) is 0 Å². The Hall–Kier alpha value is -1.23. The Morgan fingerprint density at radius 2 is 2.10 bits per heavy atom. The number of benzene rings is 1. The molecule has 0 spiro atoms. The van der Waals surface area contributed by atoms with Crippen molar-refractivity contribution < 1.29 is 22.3 Å². The minimum atomic E-state index is -4.72. The molecule has 2 bridgehead atoms. The first-order valence-corrected chi connectivity index (χ1v) is 10.3. The van der Waals surface area contributed by atoms with Crippen molar-refractivity contribution in [2.24, 2.45) is 0 Å². The maximum absolute atomic E-state index is 14.8. The van der Waals surface area contributed by atoms with Crippen LogP contribution in [-0.2, 0) is 10.9 Å². The Kier molecular flexibility index (Phi) is 5.65. The molecule has 2 fully saturated rings. The topological polar surface area (TPSA) is 50.3 Å². The van der Waals surface area contributed by atoms with Crippen LogP contribution in [0.25, 0.3) is 10.9 Å². The third-order valence-electron chi connectivity index (χ3n) is 5.62. The lowest BCUT2D eigenvalue weighted by Gasteiger charge is -2.27. The van der Waals surface area contributed by atoms with Gasteiger partial charge in [0, 0.05) is 37.2 Å². The van der Waals surface area contributed by atoms with Crippen LogP contribution in [0.3, 0.4) is 0 Å². The van der Waals surface area contributed by atoms with Gasteiger partial charge in [0.2, 0.25) is 5.28 Å². The first kappa shape index (κ1) is 21.0. The van der Waals surface area contributed by atoms with Gasteiger partial charge < -0.3 is 15.0 Å². The number of hydrogen-bond acceptors (Lipinski definition) is 5. The maximum Gasteiger partial charge on any atom is 0.417 e. The van der Waals surface area contributed by atoms with Crippen molar-refractivity contribution in [3.05, 3.63) is 27.2 Å². The molecule has 2 saturated heterocycles. The summed E-state index contributed by atoms with van der Waals surface area (Å²) < 4.78 is 59.5. The van der Waals surface area contributed by atoms with Gasteiger partial charge in [-0.2, -0.15) is 18.2 Å². The first-order valence-electron chi connectivity index (χ1n) is 9.15. The molecule has 3 atom stereocenters. The van der Waals surface area contributed by atoms with Gasteiger partial charge in [-0.05, 0) is 52.9 Å². The van der Waals surface area contributed by atoms with Crippen molar-refractivity contribution in [1.82, 2.24) is 15.3 Å². The summed E-state index contributed by atoms with van der Waals surface area (Å²) in [4.78, 5) is 10.1. The summed E-state index contributed by atoms with van der Waals surface area (Å²) in [5.41, 5.74) is -1.33. The summed E-state index contributed by atoms with van der Waals surface area (Å²) >= 11 is 8.74. The van der Waals surface area contributed by atoms with E-state index in [9.17, 15) is 17.6 Å². The molecule has 0 radical (unpaired) electrons. The smallest absolute Gasteiger partial charge is 0.383 e. The molecule has 5 nitrogen and oxygen atoms in total. The molecule has 1 unspecified atom stereocenters. The van der Waals surface area contributed by atoms with Gasteiger partial charge in [0.25, 0.3) is 0 Å². The fourth-order valence-electron chi connectivity index (χ4n) is 4.45. The SMILES string of the molecule is COCCNC1C[C@H]2CC[C@H]1N2c1nc(Cl)nc2c(F)c(Br)c(C(F)(F)F)cc12. The molecule has 0 saturated carbocycles. The van der Waals surface area contributed by atoms with E-state index in [0.717, 1.165) is 25.3 Å². The fourth-order valence-corrected chi connectivity index (χ4v) is 5.14. The molecular formula is C18H18BrClF4N4O. The van der Waals surface area contributed by atoms with Crippen molar-refractivity contribution in [1.29, 1.82) is 0 Å². The average Bonchev–Trinajstić information content (AvgIpc) is 3.21. The van der Waals surface area contributed by atoms with Crippen LogP contribution < -0.4 is 10.2 Å². The third kappa shape index (κ3) is 3.68. The minimum Gasteiger partial charge on any atom is -0.383 e. The molecule has 29 heavy (non-hydrogen) atoms. The Morgan fingerprint density at radius 3 is 2.79 bits per heavy atom. The average molecular weight is 498 g/mol. The number of halogens is 6. The van der Waals surface area contributed by atoms with Crippen molar-refractivity contribution in [2.45, 2.75) is 43.6 Å². The number of nitrogens with one attached hydrogen (secondary N) is 1. The number of methoxy groups -OCH3 is 1. The number of fused-ring (bicyclic) bond motifs is 3. The van der Waals surface area contributed by atoms with E-state index in [2.05, 4.69) is 31.2 Å². The number of nitrogens with zero attached hydrogens (tertiary/aromatic N) is 3. The molecule has 0 aliphatic carbocycles. The summed E-state index contributed by atoms with van der Waals surface area (Å²) in [7, 11) is 1.62. The zero-order valence-electron chi connectivity index (χ0n) is 15.4. The molecule has 2 aliphatic rings. The molecule has 2 aromatic rings. The second-order valence-corrected chi connectivity index (χ2v) is 8.39. The van der Waals surface area contributed by atoms with Crippen LogP contribution in [0, 0.1) is 5.82 Å². The molecule has 158 valence electrons. The highest BCUT2D eigenvalue weighted by molar-refractivity contribution is 9.10. The van der Waals surface area contributed by atoms with Crippen LogP contribution >= 0.6 is 27.5 Å². The number of ether oxygens (including phenoxy) is 1. The van der Waals surface area contributed by atoms with Gasteiger partial charge in [0.05, 0.1) is 16.6 Å². The van der Waals surface area contributed by atoms with Crippen molar-refractivity contribution in [3.8, 4) is 0 Å². The Bertz CT molecular complexity index is 944. The van der Waals surface area contributed by atoms with Crippen molar-refractivity contribution in [2.75, 3.05) is 25.2 Å². The summed E-state index contributed by atoms with van der Waals surface area (Å²) in [6.45, 7) is 1.23.